The van der Waals surface area contributed by atoms with Gasteiger partial charge in [0, 0.05) is 24.6 Å². The van der Waals surface area contributed by atoms with Gasteiger partial charge in [-0.15, -0.1) is 0 Å². The van der Waals surface area contributed by atoms with Crippen LogP contribution in [0.3, 0.4) is 0 Å². The van der Waals surface area contributed by atoms with E-state index in [-0.39, 0.29) is 21.5 Å². The summed E-state index contributed by atoms with van der Waals surface area (Å²) in [4.78, 5) is 23.0. The van der Waals surface area contributed by atoms with E-state index in [0.29, 0.717) is 16.3 Å². The topological polar surface area (TPSA) is 71.5 Å². The van der Waals surface area contributed by atoms with Gasteiger partial charge in [-0.1, -0.05) is 23.4 Å². The van der Waals surface area contributed by atoms with Crippen molar-refractivity contribution < 1.29 is 18.0 Å². The average Bonchev–Trinajstić information content (AvgIpc) is 2.59. The standard InChI is InChI=1S/C17H16ClNO4S2/c1-12(20)24-11-17(21)13-3-7-15(8-4-13)19(2)25(22,23)16-9-5-14(18)6-10-16/h3-10H,11H2,1-2H3. The van der Waals surface area contributed by atoms with Crippen LogP contribution in [0, 0.1) is 0 Å². The molecule has 0 saturated heterocycles. The van der Waals surface area contributed by atoms with E-state index in [1.807, 2.05) is 0 Å². The number of nitrogens with zero attached hydrogens (tertiary/aromatic N) is 1. The van der Waals surface area contributed by atoms with Gasteiger partial charge < -0.3 is 0 Å². The summed E-state index contributed by atoms with van der Waals surface area (Å²) < 4.78 is 26.4. The van der Waals surface area contributed by atoms with Crippen molar-refractivity contribution in [1.29, 1.82) is 0 Å². The molecule has 25 heavy (non-hydrogen) atoms. The Morgan fingerprint density at radius 1 is 1.04 bits per heavy atom. The fourth-order valence-electron chi connectivity index (χ4n) is 2.01. The van der Waals surface area contributed by atoms with Crippen molar-refractivity contribution >= 4 is 50.0 Å². The first-order chi connectivity index (χ1) is 11.7. The molecule has 0 aromatic heterocycles. The van der Waals surface area contributed by atoms with Crippen molar-refractivity contribution in [2.75, 3.05) is 17.1 Å². The van der Waals surface area contributed by atoms with Crippen LogP contribution in [0.1, 0.15) is 17.3 Å². The predicted octanol–water partition coefficient (Wildman–Crippen LogP) is 3.63. The molecule has 132 valence electrons. The zero-order chi connectivity index (χ0) is 18.6. The van der Waals surface area contributed by atoms with Gasteiger partial charge in [-0.05, 0) is 48.5 Å². The maximum absolute atomic E-state index is 12.6. The van der Waals surface area contributed by atoms with Crippen LogP contribution < -0.4 is 4.31 Å². The van der Waals surface area contributed by atoms with Crippen molar-refractivity contribution in [2.24, 2.45) is 0 Å². The second-order valence-corrected chi connectivity index (χ2v) is 8.73. The van der Waals surface area contributed by atoms with Gasteiger partial charge >= 0.3 is 0 Å². The highest BCUT2D eigenvalue weighted by Crippen LogP contribution is 2.24. The molecule has 0 fully saturated rings. The summed E-state index contributed by atoms with van der Waals surface area (Å²) >= 11 is 6.73. The second kappa shape index (κ2) is 8.03. The number of rotatable bonds is 6. The molecule has 0 unspecified atom stereocenters. The number of thioether (sulfide) groups is 1. The van der Waals surface area contributed by atoms with Crippen LogP contribution in [0.4, 0.5) is 5.69 Å². The van der Waals surface area contributed by atoms with Crippen LogP contribution in [-0.4, -0.2) is 32.1 Å². The number of Topliss-reactive ketones (excluding diaryl/α,β-unsaturated/α-hetero) is 1. The van der Waals surface area contributed by atoms with Crippen molar-refractivity contribution in [3.63, 3.8) is 0 Å². The number of hydrogen-bond acceptors (Lipinski definition) is 5. The van der Waals surface area contributed by atoms with Crippen LogP contribution in [-0.2, 0) is 14.8 Å². The zero-order valence-electron chi connectivity index (χ0n) is 13.6. The lowest BCUT2D eigenvalue weighted by molar-refractivity contribution is -0.109. The molecule has 0 amide bonds. The smallest absolute Gasteiger partial charge is 0.264 e. The van der Waals surface area contributed by atoms with Gasteiger partial charge in [0.1, 0.15) is 0 Å². The van der Waals surface area contributed by atoms with Crippen LogP contribution >= 0.6 is 23.4 Å². The molecule has 0 N–H and O–H groups in total. The minimum absolute atomic E-state index is 0.0631. The molecule has 0 aliphatic rings. The van der Waals surface area contributed by atoms with Gasteiger partial charge in [-0.3, -0.25) is 13.9 Å². The Bertz CT molecular complexity index is 878. The summed E-state index contributed by atoms with van der Waals surface area (Å²) in [6.07, 6.45) is 0. The lowest BCUT2D eigenvalue weighted by atomic mass is 10.1. The third-order valence-corrected chi connectivity index (χ3v) is 6.30. The lowest BCUT2D eigenvalue weighted by Gasteiger charge is -2.19. The van der Waals surface area contributed by atoms with Crippen LogP contribution in [0.15, 0.2) is 53.4 Å². The number of carbonyl (C=O) groups is 2. The first-order valence-corrected chi connectivity index (χ1v) is 10.0. The van der Waals surface area contributed by atoms with Gasteiger partial charge in [-0.25, -0.2) is 8.42 Å². The van der Waals surface area contributed by atoms with Crippen LogP contribution in [0.25, 0.3) is 0 Å². The maximum atomic E-state index is 12.6. The van der Waals surface area contributed by atoms with E-state index in [2.05, 4.69) is 0 Å². The van der Waals surface area contributed by atoms with E-state index in [1.54, 1.807) is 24.3 Å². The molecule has 0 heterocycles. The zero-order valence-corrected chi connectivity index (χ0v) is 16.0. The number of sulfonamides is 1. The largest absolute Gasteiger partial charge is 0.293 e. The van der Waals surface area contributed by atoms with E-state index < -0.39 is 10.0 Å². The van der Waals surface area contributed by atoms with Gasteiger partial charge in [0.2, 0.25) is 0 Å². The molecule has 0 bridgehead atoms. The molecule has 2 aromatic carbocycles. The highest BCUT2D eigenvalue weighted by molar-refractivity contribution is 8.14. The molecule has 0 radical (unpaired) electrons. The van der Waals surface area contributed by atoms with E-state index in [1.165, 1.54) is 38.2 Å². The normalized spacial score (nSPS) is 11.2. The second-order valence-electron chi connectivity index (χ2n) is 5.18. The Kier molecular flexibility index (Phi) is 6.26. The minimum Gasteiger partial charge on any atom is -0.293 e. The highest BCUT2D eigenvalue weighted by Gasteiger charge is 2.21. The van der Waals surface area contributed by atoms with Gasteiger partial charge in [0.05, 0.1) is 16.3 Å². The van der Waals surface area contributed by atoms with Crippen molar-refractivity contribution in [2.45, 2.75) is 11.8 Å². The molecule has 0 spiro atoms. The molecule has 2 rings (SSSR count). The van der Waals surface area contributed by atoms with Crippen LogP contribution in [0.5, 0.6) is 0 Å². The van der Waals surface area contributed by atoms with Crippen LogP contribution in [0.2, 0.25) is 5.02 Å². The quantitative estimate of drug-likeness (QED) is 0.696. The SMILES string of the molecule is CC(=O)SCC(=O)c1ccc(N(C)S(=O)(=O)c2ccc(Cl)cc2)cc1. The minimum atomic E-state index is -3.72. The molecule has 0 aliphatic carbocycles. The molecule has 0 aliphatic heterocycles. The average molecular weight is 398 g/mol. The Morgan fingerprint density at radius 3 is 2.12 bits per heavy atom. The van der Waals surface area contributed by atoms with E-state index in [0.717, 1.165) is 16.1 Å². The molecule has 0 atom stereocenters. The molecule has 5 nitrogen and oxygen atoms in total. The number of benzene rings is 2. The number of anilines is 1. The third kappa shape index (κ3) is 4.84. The predicted molar refractivity (Wildman–Crippen MR) is 101 cm³/mol. The molecule has 0 saturated carbocycles. The number of hydrogen-bond donors (Lipinski definition) is 0. The highest BCUT2D eigenvalue weighted by atomic mass is 35.5. The summed E-state index contributed by atoms with van der Waals surface area (Å²) in [5.41, 5.74) is 0.848. The summed E-state index contributed by atoms with van der Waals surface area (Å²) in [6.45, 7) is 1.40. The molecule has 2 aromatic rings. The molecular formula is C17H16ClNO4S2. The number of ketones is 1. The van der Waals surface area contributed by atoms with Gasteiger partial charge in [-0.2, -0.15) is 0 Å². The fourth-order valence-corrected chi connectivity index (χ4v) is 3.83. The Hall–Kier alpha value is -1.83. The van der Waals surface area contributed by atoms with E-state index in [4.69, 9.17) is 11.6 Å². The first-order valence-electron chi connectivity index (χ1n) is 7.23. The Balaban J connectivity index is 2.19. The maximum Gasteiger partial charge on any atom is 0.264 e. The van der Waals surface area contributed by atoms with Crippen molar-refractivity contribution in [3.05, 3.63) is 59.1 Å². The Labute approximate surface area is 156 Å². The number of carbonyl (C=O) groups excluding carboxylic acids is 2. The number of halogens is 1. The van der Waals surface area contributed by atoms with E-state index in [9.17, 15) is 18.0 Å². The lowest BCUT2D eigenvalue weighted by Crippen LogP contribution is -2.26. The summed E-state index contributed by atoms with van der Waals surface area (Å²) in [7, 11) is -2.29. The van der Waals surface area contributed by atoms with Crippen molar-refractivity contribution in [1.82, 2.24) is 0 Å². The van der Waals surface area contributed by atoms with Gasteiger partial charge in [0.25, 0.3) is 10.0 Å². The summed E-state index contributed by atoms with van der Waals surface area (Å²) in [6, 6.07) is 12.1. The Morgan fingerprint density at radius 2 is 1.60 bits per heavy atom. The molecular weight excluding hydrogens is 382 g/mol. The molecule has 8 heteroatoms. The monoisotopic (exact) mass is 397 g/mol. The summed E-state index contributed by atoms with van der Waals surface area (Å²) in [5, 5.41) is 0.326. The third-order valence-electron chi connectivity index (χ3n) is 3.43. The summed E-state index contributed by atoms with van der Waals surface area (Å²) in [5.74, 6) is -0.122. The van der Waals surface area contributed by atoms with E-state index >= 15 is 0 Å². The van der Waals surface area contributed by atoms with Crippen molar-refractivity contribution in [3.8, 4) is 0 Å². The first kappa shape index (κ1) is 19.5. The van der Waals surface area contributed by atoms with Gasteiger partial charge in [0.15, 0.2) is 10.9 Å². The fraction of sp³-hybridized carbons (Fsp3) is 0.176.